The lowest BCUT2D eigenvalue weighted by Crippen LogP contribution is -2.43. The number of fused-ring (bicyclic) bond motifs is 2. The van der Waals surface area contributed by atoms with Gasteiger partial charge in [-0.05, 0) is 22.9 Å². The average molecular weight is 490 g/mol. The number of hydrogen-bond acceptors (Lipinski definition) is 5. The van der Waals surface area contributed by atoms with Crippen LogP contribution in [0.2, 0.25) is 0 Å². The number of morpholine rings is 1. The van der Waals surface area contributed by atoms with Crippen LogP contribution >= 0.6 is 23.7 Å². The SMILES string of the molecule is Cl.O=C(c1cccc2ccccc12)N(CCN1CCOCC1)c1nc2c(F)cc(F)cc2s1. The van der Waals surface area contributed by atoms with Crippen molar-refractivity contribution in [3.05, 3.63) is 71.8 Å². The number of thiazole rings is 1. The van der Waals surface area contributed by atoms with Gasteiger partial charge >= 0.3 is 0 Å². The van der Waals surface area contributed by atoms with Crippen LogP contribution in [0.25, 0.3) is 21.0 Å². The maximum absolute atomic E-state index is 14.3. The van der Waals surface area contributed by atoms with E-state index < -0.39 is 11.6 Å². The number of amides is 1. The number of aromatic nitrogens is 1. The average Bonchev–Trinajstić information content (AvgIpc) is 3.23. The van der Waals surface area contributed by atoms with Crippen LogP contribution < -0.4 is 4.90 Å². The van der Waals surface area contributed by atoms with Gasteiger partial charge in [0.2, 0.25) is 0 Å². The van der Waals surface area contributed by atoms with Crippen molar-refractivity contribution in [3.63, 3.8) is 0 Å². The molecule has 1 amide bonds. The standard InChI is InChI=1S/C24H21F2N3O2S.ClH/c25-17-14-20(26)22-21(15-17)32-24(27-22)29(9-8-28-10-12-31-13-11-28)23(30)19-7-3-5-16-4-1-2-6-18(16)19;/h1-7,14-15H,8-13H2;1H. The Balaban J connectivity index is 0.00000259. The number of anilines is 1. The van der Waals surface area contributed by atoms with E-state index in [1.54, 1.807) is 11.0 Å². The van der Waals surface area contributed by atoms with E-state index in [4.69, 9.17) is 4.74 Å². The van der Waals surface area contributed by atoms with Crippen LogP contribution in [0.15, 0.2) is 54.6 Å². The molecule has 9 heteroatoms. The van der Waals surface area contributed by atoms with Gasteiger partial charge in [0.1, 0.15) is 11.3 Å². The molecule has 1 aromatic heterocycles. The molecule has 0 N–H and O–H groups in total. The number of benzene rings is 3. The Hall–Kier alpha value is -2.65. The van der Waals surface area contributed by atoms with Crippen LogP contribution in [-0.2, 0) is 4.74 Å². The minimum atomic E-state index is -0.728. The van der Waals surface area contributed by atoms with Crippen LogP contribution in [0, 0.1) is 11.6 Å². The first kappa shape index (κ1) is 23.5. The molecule has 1 fully saturated rings. The van der Waals surface area contributed by atoms with Gasteiger partial charge in [0.15, 0.2) is 10.9 Å². The first-order valence-electron chi connectivity index (χ1n) is 10.5. The van der Waals surface area contributed by atoms with E-state index >= 15 is 0 Å². The third-order valence-corrected chi connectivity index (χ3v) is 6.67. The van der Waals surface area contributed by atoms with Gasteiger partial charge in [-0.25, -0.2) is 13.8 Å². The van der Waals surface area contributed by atoms with Crippen molar-refractivity contribution < 1.29 is 18.3 Å². The van der Waals surface area contributed by atoms with Gasteiger partial charge in [0.05, 0.1) is 17.9 Å². The van der Waals surface area contributed by atoms with E-state index in [1.165, 1.54) is 6.07 Å². The van der Waals surface area contributed by atoms with E-state index in [2.05, 4.69) is 9.88 Å². The molecule has 5 nitrogen and oxygen atoms in total. The van der Waals surface area contributed by atoms with Crippen molar-refractivity contribution in [1.82, 2.24) is 9.88 Å². The Kier molecular flexibility index (Phi) is 7.19. The second-order valence-corrected chi connectivity index (χ2v) is 8.68. The number of carbonyl (C=O) groups is 1. The van der Waals surface area contributed by atoms with Gasteiger partial charge < -0.3 is 4.74 Å². The Morgan fingerprint density at radius 3 is 2.67 bits per heavy atom. The second-order valence-electron chi connectivity index (χ2n) is 7.67. The monoisotopic (exact) mass is 489 g/mol. The van der Waals surface area contributed by atoms with Gasteiger partial charge in [0, 0.05) is 37.8 Å². The van der Waals surface area contributed by atoms with E-state index in [-0.39, 0.29) is 23.8 Å². The van der Waals surface area contributed by atoms with E-state index in [1.807, 2.05) is 36.4 Å². The molecule has 0 spiro atoms. The Morgan fingerprint density at radius 1 is 1.09 bits per heavy atom. The summed E-state index contributed by atoms with van der Waals surface area (Å²) in [6, 6.07) is 15.4. The molecule has 1 aliphatic rings. The lowest BCUT2D eigenvalue weighted by Gasteiger charge is -2.29. The zero-order chi connectivity index (χ0) is 22.1. The van der Waals surface area contributed by atoms with Gasteiger partial charge in [-0.1, -0.05) is 47.7 Å². The first-order valence-corrected chi connectivity index (χ1v) is 11.3. The molecular formula is C24H22ClF2N3O2S. The second kappa shape index (κ2) is 10.1. The van der Waals surface area contributed by atoms with E-state index in [9.17, 15) is 13.6 Å². The van der Waals surface area contributed by atoms with Crippen LogP contribution in [0.1, 0.15) is 10.4 Å². The van der Waals surface area contributed by atoms with Crippen molar-refractivity contribution >= 4 is 55.8 Å². The summed E-state index contributed by atoms with van der Waals surface area (Å²) in [7, 11) is 0. The molecular weight excluding hydrogens is 468 g/mol. The maximum Gasteiger partial charge on any atom is 0.260 e. The molecule has 0 aliphatic carbocycles. The number of hydrogen-bond donors (Lipinski definition) is 0. The first-order chi connectivity index (χ1) is 15.6. The van der Waals surface area contributed by atoms with Gasteiger partial charge in [-0.2, -0.15) is 0 Å². The van der Waals surface area contributed by atoms with Gasteiger partial charge in [0.25, 0.3) is 5.91 Å². The molecule has 0 atom stereocenters. The number of nitrogens with zero attached hydrogens (tertiary/aromatic N) is 3. The summed E-state index contributed by atoms with van der Waals surface area (Å²) in [6.45, 7) is 3.90. The van der Waals surface area contributed by atoms with Gasteiger partial charge in [-0.15, -0.1) is 12.4 Å². The highest BCUT2D eigenvalue weighted by atomic mass is 35.5. The lowest BCUT2D eigenvalue weighted by atomic mass is 10.0. The summed E-state index contributed by atoms with van der Waals surface area (Å²) in [5.41, 5.74) is 0.629. The fraction of sp³-hybridized carbons (Fsp3) is 0.250. The molecule has 0 unspecified atom stereocenters. The summed E-state index contributed by atoms with van der Waals surface area (Å²) in [5.74, 6) is -1.60. The summed E-state index contributed by atoms with van der Waals surface area (Å²) in [6.07, 6.45) is 0. The number of ether oxygens (including phenoxy) is 1. The summed E-state index contributed by atoms with van der Waals surface area (Å²) in [5, 5.41) is 2.16. The summed E-state index contributed by atoms with van der Waals surface area (Å²) < 4.78 is 33.8. The predicted octanol–water partition coefficient (Wildman–Crippen LogP) is 5.13. The molecule has 0 bridgehead atoms. The molecule has 33 heavy (non-hydrogen) atoms. The fourth-order valence-electron chi connectivity index (χ4n) is 3.97. The quantitative estimate of drug-likeness (QED) is 0.390. The summed E-state index contributed by atoms with van der Waals surface area (Å²) >= 11 is 1.12. The van der Waals surface area contributed by atoms with Crippen LogP contribution in [0.4, 0.5) is 13.9 Å². The molecule has 4 aromatic rings. The number of halogens is 3. The van der Waals surface area contributed by atoms with Crippen molar-refractivity contribution in [1.29, 1.82) is 0 Å². The minimum absolute atomic E-state index is 0. The molecule has 2 heterocycles. The smallest absolute Gasteiger partial charge is 0.260 e. The highest BCUT2D eigenvalue weighted by molar-refractivity contribution is 7.22. The van der Waals surface area contributed by atoms with Crippen molar-refractivity contribution in [2.24, 2.45) is 0 Å². The van der Waals surface area contributed by atoms with Crippen LogP contribution in [-0.4, -0.2) is 55.2 Å². The maximum atomic E-state index is 14.3. The molecule has 3 aromatic carbocycles. The largest absolute Gasteiger partial charge is 0.379 e. The Morgan fingerprint density at radius 2 is 1.85 bits per heavy atom. The summed E-state index contributed by atoms with van der Waals surface area (Å²) in [4.78, 5) is 21.9. The zero-order valence-electron chi connectivity index (χ0n) is 17.7. The highest BCUT2D eigenvalue weighted by Crippen LogP contribution is 2.32. The van der Waals surface area contributed by atoms with Crippen molar-refractivity contribution in [2.75, 3.05) is 44.3 Å². The van der Waals surface area contributed by atoms with Crippen LogP contribution in [0.5, 0.6) is 0 Å². The predicted molar refractivity (Wildman–Crippen MR) is 130 cm³/mol. The lowest BCUT2D eigenvalue weighted by molar-refractivity contribution is 0.0391. The van der Waals surface area contributed by atoms with Crippen LogP contribution in [0.3, 0.4) is 0 Å². The fourth-order valence-corrected chi connectivity index (χ4v) is 5.00. The Labute approximate surface area is 200 Å². The normalized spacial score (nSPS) is 14.4. The van der Waals surface area contributed by atoms with Crippen molar-refractivity contribution in [2.45, 2.75) is 0 Å². The van der Waals surface area contributed by atoms with Crippen molar-refractivity contribution in [3.8, 4) is 0 Å². The highest BCUT2D eigenvalue weighted by Gasteiger charge is 2.25. The molecule has 1 aliphatic heterocycles. The molecule has 1 saturated heterocycles. The van der Waals surface area contributed by atoms with E-state index in [0.717, 1.165) is 41.3 Å². The molecule has 5 rings (SSSR count). The molecule has 172 valence electrons. The van der Waals surface area contributed by atoms with E-state index in [0.29, 0.717) is 41.7 Å². The zero-order valence-corrected chi connectivity index (χ0v) is 19.3. The number of carbonyl (C=O) groups excluding carboxylic acids is 1. The number of rotatable bonds is 5. The third kappa shape index (κ3) is 4.84. The Bertz CT molecular complexity index is 1290. The molecule has 0 radical (unpaired) electrons. The topological polar surface area (TPSA) is 45.7 Å². The third-order valence-electron chi connectivity index (χ3n) is 5.64. The molecule has 0 saturated carbocycles. The minimum Gasteiger partial charge on any atom is -0.379 e. The van der Waals surface area contributed by atoms with Gasteiger partial charge in [-0.3, -0.25) is 14.6 Å².